The first-order valence-electron chi connectivity index (χ1n) is 9.53. The van der Waals surface area contributed by atoms with Gasteiger partial charge in [-0.2, -0.15) is 0 Å². The first-order chi connectivity index (χ1) is 13.6. The van der Waals surface area contributed by atoms with Crippen LogP contribution in [0.5, 0.6) is 5.75 Å². The summed E-state index contributed by atoms with van der Waals surface area (Å²) in [6.45, 7) is 4.28. The maximum absolute atomic E-state index is 12.7. The third-order valence-electron chi connectivity index (χ3n) is 4.95. The van der Waals surface area contributed by atoms with Crippen molar-refractivity contribution >= 4 is 0 Å². The molecule has 0 unspecified atom stereocenters. The van der Waals surface area contributed by atoms with Gasteiger partial charge in [0.05, 0.1) is 12.4 Å². The van der Waals surface area contributed by atoms with Gasteiger partial charge in [0, 0.05) is 35.6 Å². The first-order valence-corrected chi connectivity index (χ1v) is 9.53. The topological polar surface area (TPSA) is 49.1 Å². The fraction of sp³-hybridized carbons (Fsp3) is 0.304. The number of hydrogen-bond donors (Lipinski definition) is 0. The number of rotatable bonds is 5. The third kappa shape index (κ3) is 4.17. The van der Waals surface area contributed by atoms with E-state index in [2.05, 4.69) is 29.0 Å². The smallest absolute Gasteiger partial charge is 0.255 e. The Labute approximate surface area is 164 Å². The Morgan fingerprint density at radius 2 is 2.04 bits per heavy atom. The van der Waals surface area contributed by atoms with Gasteiger partial charge in [-0.3, -0.25) is 4.79 Å². The lowest BCUT2D eigenvalue weighted by molar-refractivity contribution is 0.235. The lowest BCUT2D eigenvalue weighted by Gasteiger charge is -2.19. The van der Waals surface area contributed by atoms with Crippen LogP contribution in [0.2, 0.25) is 0 Å². The molecule has 2 aromatic heterocycles. The molecule has 3 aromatic rings. The first kappa shape index (κ1) is 18.1. The fourth-order valence-electron chi connectivity index (χ4n) is 3.18. The minimum atomic E-state index is -0.0780. The minimum absolute atomic E-state index is 0.0689. The van der Waals surface area contributed by atoms with E-state index in [0.29, 0.717) is 18.4 Å². The maximum Gasteiger partial charge on any atom is 0.255 e. The van der Waals surface area contributed by atoms with Gasteiger partial charge in [0.15, 0.2) is 6.73 Å². The zero-order valence-electron chi connectivity index (χ0n) is 16.1. The molecule has 0 N–H and O–H groups in total. The summed E-state index contributed by atoms with van der Waals surface area (Å²) in [6, 6.07) is 11.5. The average Bonchev–Trinajstić information content (AvgIpc) is 3.37. The number of nitrogens with zero attached hydrogens (tertiary/aromatic N) is 3. The molecule has 0 radical (unpaired) electrons. The number of benzene rings is 1. The number of hydrogen-bond acceptors (Lipinski definition) is 3. The van der Waals surface area contributed by atoms with Crippen LogP contribution in [0.15, 0.2) is 59.9 Å². The molecule has 0 amide bonds. The highest BCUT2D eigenvalue weighted by molar-refractivity contribution is 5.38. The molecule has 1 saturated carbocycles. The second-order valence-electron chi connectivity index (χ2n) is 7.23. The zero-order valence-corrected chi connectivity index (χ0v) is 16.1. The summed E-state index contributed by atoms with van der Waals surface area (Å²) in [5.41, 5.74) is 2.88. The quantitative estimate of drug-likeness (QED) is 0.640. The molecule has 4 rings (SSSR count). The van der Waals surface area contributed by atoms with Crippen molar-refractivity contribution in [3.63, 3.8) is 0 Å². The van der Waals surface area contributed by atoms with Crippen LogP contribution in [0.3, 0.4) is 0 Å². The molecule has 5 heteroatoms. The molecule has 0 bridgehead atoms. The van der Waals surface area contributed by atoms with Crippen LogP contribution in [0, 0.1) is 24.7 Å². The van der Waals surface area contributed by atoms with Gasteiger partial charge in [-0.1, -0.05) is 24.0 Å². The molecule has 0 spiro atoms. The van der Waals surface area contributed by atoms with Crippen molar-refractivity contribution in [3.05, 3.63) is 82.3 Å². The van der Waals surface area contributed by atoms with Crippen LogP contribution in [-0.4, -0.2) is 14.1 Å². The molecule has 5 nitrogen and oxygen atoms in total. The van der Waals surface area contributed by atoms with E-state index in [0.717, 1.165) is 16.8 Å². The summed E-state index contributed by atoms with van der Waals surface area (Å²) in [6.07, 6.45) is 7.64. The van der Waals surface area contributed by atoms with Gasteiger partial charge in [0.25, 0.3) is 5.56 Å². The molecule has 1 aliphatic rings. The van der Waals surface area contributed by atoms with Crippen LogP contribution in [0.4, 0.5) is 0 Å². The predicted molar refractivity (Wildman–Crippen MR) is 108 cm³/mol. The Hall–Kier alpha value is -3.26. The monoisotopic (exact) mass is 373 g/mol. The highest BCUT2D eigenvalue weighted by Crippen LogP contribution is 2.27. The molecule has 0 saturated heterocycles. The summed E-state index contributed by atoms with van der Waals surface area (Å²) in [5, 5.41) is 0. The summed E-state index contributed by atoms with van der Waals surface area (Å²) in [4.78, 5) is 16.7. The van der Waals surface area contributed by atoms with Crippen molar-refractivity contribution < 1.29 is 4.74 Å². The van der Waals surface area contributed by atoms with Gasteiger partial charge in [-0.15, -0.1) is 0 Å². The molecule has 142 valence electrons. The molecule has 1 atom stereocenters. The van der Waals surface area contributed by atoms with Crippen LogP contribution in [0.1, 0.15) is 42.6 Å². The van der Waals surface area contributed by atoms with Crippen molar-refractivity contribution in [3.8, 4) is 17.6 Å². The van der Waals surface area contributed by atoms with E-state index in [1.165, 1.54) is 18.9 Å². The predicted octanol–water partition coefficient (Wildman–Crippen LogP) is 3.76. The van der Waals surface area contributed by atoms with E-state index in [1.807, 2.05) is 38.2 Å². The van der Waals surface area contributed by atoms with Crippen molar-refractivity contribution in [2.24, 2.45) is 5.92 Å². The number of ether oxygens (including phenoxy) is 1. The van der Waals surface area contributed by atoms with Gasteiger partial charge in [0.2, 0.25) is 0 Å². The Bertz CT molecular complexity index is 1070. The SMILES string of the molecule is Cc1cc(OCn2ccnc2)cc(=O)n1[C@H](C)c1ccc(C#CC2CC2)cc1. The van der Waals surface area contributed by atoms with E-state index in [1.54, 1.807) is 21.7 Å². The van der Waals surface area contributed by atoms with Gasteiger partial charge < -0.3 is 13.9 Å². The van der Waals surface area contributed by atoms with Crippen LogP contribution < -0.4 is 10.3 Å². The second kappa shape index (κ2) is 7.77. The van der Waals surface area contributed by atoms with Gasteiger partial charge in [-0.25, -0.2) is 4.98 Å². The standard InChI is InChI=1S/C23H23N3O2/c1-17-13-22(28-16-25-12-11-24-15-25)14-23(27)26(17)18(2)21-9-7-20(8-10-21)6-5-19-3-4-19/h7-15,18-19H,3-4,16H2,1-2H3/t18-/m1/s1. The lowest BCUT2D eigenvalue weighted by atomic mass is 10.1. The molecule has 0 aliphatic heterocycles. The Balaban J connectivity index is 1.51. The molecule has 1 fully saturated rings. The largest absolute Gasteiger partial charge is 0.472 e. The molecular formula is C23H23N3O2. The van der Waals surface area contributed by atoms with Crippen LogP contribution in [-0.2, 0) is 6.73 Å². The zero-order chi connectivity index (χ0) is 19.5. The lowest BCUT2D eigenvalue weighted by Crippen LogP contribution is -2.25. The van der Waals surface area contributed by atoms with Gasteiger partial charge in [0.1, 0.15) is 5.75 Å². The second-order valence-corrected chi connectivity index (χ2v) is 7.23. The molecule has 1 aliphatic carbocycles. The number of aryl methyl sites for hydroxylation is 1. The molecule has 1 aromatic carbocycles. The van der Waals surface area contributed by atoms with Crippen molar-refractivity contribution in [1.82, 2.24) is 14.1 Å². The summed E-state index contributed by atoms with van der Waals surface area (Å²) in [5.74, 6) is 7.65. The Morgan fingerprint density at radius 3 is 2.68 bits per heavy atom. The number of aromatic nitrogens is 3. The molecule has 2 heterocycles. The average molecular weight is 373 g/mol. The van der Waals surface area contributed by atoms with Gasteiger partial charge >= 0.3 is 0 Å². The fourth-order valence-corrected chi connectivity index (χ4v) is 3.18. The third-order valence-corrected chi connectivity index (χ3v) is 4.95. The van der Waals surface area contributed by atoms with E-state index in [-0.39, 0.29) is 11.6 Å². The van der Waals surface area contributed by atoms with E-state index >= 15 is 0 Å². The van der Waals surface area contributed by atoms with E-state index in [9.17, 15) is 4.79 Å². The number of pyridine rings is 1. The Kier molecular flexibility index (Phi) is 5.03. The van der Waals surface area contributed by atoms with Crippen LogP contribution >= 0.6 is 0 Å². The highest BCUT2D eigenvalue weighted by Gasteiger charge is 2.17. The van der Waals surface area contributed by atoms with E-state index < -0.39 is 0 Å². The minimum Gasteiger partial charge on any atom is -0.472 e. The molecule has 28 heavy (non-hydrogen) atoms. The summed E-state index contributed by atoms with van der Waals surface area (Å²) >= 11 is 0. The van der Waals surface area contributed by atoms with Crippen LogP contribution in [0.25, 0.3) is 0 Å². The van der Waals surface area contributed by atoms with E-state index in [4.69, 9.17) is 4.74 Å². The Morgan fingerprint density at radius 1 is 1.25 bits per heavy atom. The summed E-state index contributed by atoms with van der Waals surface area (Å²) in [7, 11) is 0. The van der Waals surface area contributed by atoms with Crippen molar-refractivity contribution in [2.45, 2.75) is 39.5 Å². The summed E-state index contributed by atoms with van der Waals surface area (Å²) < 4.78 is 9.30. The maximum atomic E-state index is 12.7. The normalized spacial score (nSPS) is 14.2. The van der Waals surface area contributed by atoms with Crippen molar-refractivity contribution in [2.75, 3.05) is 0 Å². The number of imidazole rings is 1. The van der Waals surface area contributed by atoms with Crippen molar-refractivity contribution in [1.29, 1.82) is 0 Å². The van der Waals surface area contributed by atoms with Gasteiger partial charge in [-0.05, 0) is 50.5 Å². The molecular weight excluding hydrogens is 350 g/mol. The highest BCUT2D eigenvalue weighted by atomic mass is 16.5.